The number of hydrogen-bond donors (Lipinski definition) is 1. The molecule has 3 aromatic rings. The lowest BCUT2D eigenvalue weighted by molar-refractivity contribution is -0.136. The fourth-order valence-corrected chi connectivity index (χ4v) is 4.34. The smallest absolute Gasteiger partial charge is 0.307 e. The molecule has 0 saturated carbocycles. The fraction of sp³-hybridized carbons (Fsp3) is 0.208. The Kier molecular flexibility index (Phi) is 7.92. The molecule has 9 heteroatoms. The highest BCUT2D eigenvalue weighted by atomic mass is 32.2. The highest BCUT2D eigenvalue weighted by Crippen LogP contribution is 2.29. The van der Waals surface area contributed by atoms with Crippen LogP contribution in [0.2, 0.25) is 0 Å². The van der Waals surface area contributed by atoms with E-state index in [4.69, 9.17) is 24.1 Å². The van der Waals surface area contributed by atoms with Crippen molar-refractivity contribution in [3.63, 3.8) is 0 Å². The maximum atomic E-state index is 13.2. The molecule has 0 spiro atoms. The molecule has 0 fully saturated rings. The van der Waals surface area contributed by atoms with Crippen LogP contribution in [-0.4, -0.2) is 46.9 Å². The molecule has 0 aliphatic heterocycles. The minimum atomic E-state index is -3.93. The van der Waals surface area contributed by atoms with Gasteiger partial charge in [0.15, 0.2) is 0 Å². The van der Waals surface area contributed by atoms with E-state index in [0.717, 1.165) is 0 Å². The number of ether oxygens (including phenoxy) is 4. The molecule has 174 valence electrons. The van der Waals surface area contributed by atoms with Gasteiger partial charge >= 0.3 is 5.97 Å². The van der Waals surface area contributed by atoms with Crippen molar-refractivity contribution in [1.82, 2.24) is 0 Å². The number of carboxylic acids is 1. The number of methoxy groups -OCH3 is 2. The Bertz CT molecular complexity index is 1190. The number of aliphatic carboxylic acids is 1. The van der Waals surface area contributed by atoms with Crippen LogP contribution in [0, 0.1) is 0 Å². The normalized spacial score (nSPS) is 11.1. The first-order valence-electron chi connectivity index (χ1n) is 9.96. The van der Waals surface area contributed by atoms with Crippen LogP contribution < -0.4 is 14.2 Å². The van der Waals surface area contributed by atoms with Gasteiger partial charge in [-0.15, -0.1) is 0 Å². The van der Waals surface area contributed by atoms with Crippen molar-refractivity contribution in [2.75, 3.05) is 27.4 Å². The molecule has 33 heavy (non-hydrogen) atoms. The largest absolute Gasteiger partial charge is 0.497 e. The second-order valence-corrected chi connectivity index (χ2v) is 8.93. The van der Waals surface area contributed by atoms with Gasteiger partial charge in [0, 0.05) is 7.11 Å². The molecule has 0 saturated heterocycles. The molecule has 0 radical (unpaired) electrons. The summed E-state index contributed by atoms with van der Waals surface area (Å²) >= 11 is 0. The summed E-state index contributed by atoms with van der Waals surface area (Å²) in [5.74, 6) is 0.906. The zero-order valence-electron chi connectivity index (χ0n) is 18.2. The maximum absolute atomic E-state index is 13.2. The number of sulfone groups is 1. The van der Waals surface area contributed by atoms with Gasteiger partial charge in [-0.1, -0.05) is 0 Å². The van der Waals surface area contributed by atoms with Gasteiger partial charge in [0.05, 0.1) is 29.9 Å². The number of hydrogen-bond acceptors (Lipinski definition) is 7. The molecule has 0 aliphatic carbocycles. The van der Waals surface area contributed by atoms with Gasteiger partial charge in [-0.3, -0.25) is 4.79 Å². The Hall–Kier alpha value is -3.56. The molecule has 0 amide bonds. The molecular weight excluding hydrogens is 448 g/mol. The van der Waals surface area contributed by atoms with Crippen LogP contribution in [0.3, 0.4) is 0 Å². The molecule has 0 aromatic heterocycles. The van der Waals surface area contributed by atoms with E-state index in [2.05, 4.69) is 0 Å². The van der Waals surface area contributed by atoms with Crippen LogP contribution >= 0.6 is 0 Å². The summed E-state index contributed by atoms with van der Waals surface area (Å²) in [6.07, 6.45) is -0.335. The third kappa shape index (κ3) is 6.47. The summed E-state index contributed by atoms with van der Waals surface area (Å²) in [5, 5.41) is 9.13. The third-order valence-electron chi connectivity index (χ3n) is 4.59. The fourth-order valence-electron chi connectivity index (χ4n) is 2.99. The van der Waals surface area contributed by atoms with Crippen LogP contribution in [0.1, 0.15) is 5.56 Å². The highest BCUT2D eigenvalue weighted by molar-refractivity contribution is 7.91. The molecule has 0 unspecified atom stereocenters. The van der Waals surface area contributed by atoms with E-state index < -0.39 is 15.8 Å². The summed E-state index contributed by atoms with van der Waals surface area (Å²) < 4.78 is 47.7. The zero-order valence-corrected chi connectivity index (χ0v) is 19.0. The van der Waals surface area contributed by atoms with Crippen molar-refractivity contribution in [2.24, 2.45) is 0 Å². The lowest BCUT2D eigenvalue weighted by Crippen LogP contribution is -2.08. The van der Waals surface area contributed by atoms with E-state index in [0.29, 0.717) is 29.4 Å². The summed E-state index contributed by atoms with van der Waals surface area (Å²) in [4.78, 5) is 11.1. The predicted molar refractivity (Wildman–Crippen MR) is 120 cm³/mol. The Balaban J connectivity index is 1.85. The molecule has 8 nitrogen and oxygen atoms in total. The minimum absolute atomic E-state index is 0.0416. The van der Waals surface area contributed by atoms with E-state index in [1.165, 1.54) is 37.4 Å². The van der Waals surface area contributed by atoms with Gasteiger partial charge in [-0.25, -0.2) is 8.42 Å². The Morgan fingerprint density at radius 3 is 1.97 bits per heavy atom. The lowest BCUT2D eigenvalue weighted by Gasteiger charge is -2.12. The minimum Gasteiger partial charge on any atom is -0.497 e. The van der Waals surface area contributed by atoms with Crippen LogP contribution in [0.5, 0.6) is 23.0 Å². The first kappa shape index (κ1) is 24.1. The van der Waals surface area contributed by atoms with Crippen LogP contribution in [0.15, 0.2) is 76.5 Å². The Morgan fingerprint density at radius 2 is 1.39 bits per heavy atom. The maximum Gasteiger partial charge on any atom is 0.307 e. The second kappa shape index (κ2) is 10.8. The molecule has 0 aliphatic rings. The topological polar surface area (TPSA) is 108 Å². The van der Waals surface area contributed by atoms with Crippen LogP contribution in [0.25, 0.3) is 0 Å². The van der Waals surface area contributed by atoms with Crippen LogP contribution in [0.4, 0.5) is 0 Å². The van der Waals surface area contributed by atoms with E-state index in [1.807, 2.05) is 0 Å². The predicted octanol–water partition coefficient (Wildman–Crippen LogP) is 3.97. The summed E-state index contributed by atoms with van der Waals surface area (Å²) in [5.41, 5.74) is 0.315. The number of carbonyl (C=O) groups is 1. The molecule has 3 rings (SSSR count). The van der Waals surface area contributed by atoms with E-state index in [9.17, 15) is 13.2 Å². The van der Waals surface area contributed by atoms with E-state index >= 15 is 0 Å². The Morgan fingerprint density at radius 1 is 0.788 bits per heavy atom. The monoisotopic (exact) mass is 472 g/mol. The quantitative estimate of drug-likeness (QED) is 0.418. The standard InChI is InChI=1S/C24H24O8S/c1-29-11-12-31-21-13-17(15-24(25)26)14-23(16-21)33(27,28)22-9-7-20(8-10-22)32-19-5-3-18(30-2)4-6-19/h3-10,13-14,16H,11-12,15H2,1-2H3,(H,25,26). The molecule has 0 bridgehead atoms. The van der Waals surface area contributed by atoms with Crippen molar-refractivity contribution >= 4 is 15.8 Å². The number of benzene rings is 3. The van der Waals surface area contributed by atoms with Gasteiger partial charge in [-0.2, -0.15) is 0 Å². The van der Waals surface area contributed by atoms with E-state index in [-0.39, 0.29) is 28.6 Å². The molecule has 3 aromatic carbocycles. The first-order valence-corrected chi connectivity index (χ1v) is 11.4. The third-order valence-corrected chi connectivity index (χ3v) is 6.34. The molecule has 0 heterocycles. The summed E-state index contributed by atoms with van der Waals surface area (Å²) in [6, 6.07) is 17.2. The zero-order chi connectivity index (χ0) is 23.8. The average Bonchev–Trinajstić information content (AvgIpc) is 2.79. The van der Waals surface area contributed by atoms with Crippen LogP contribution in [-0.2, 0) is 25.8 Å². The van der Waals surface area contributed by atoms with Gasteiger partial charge in [0.2, 0.25) is 9.84 Å². The number of carboxylic acid groups (broad SMARTS) is 1. The summed E-state index contributed by atoms with van der Waals surface area (Å²) in [7, 11) is -0.839. The average molecular weight is 473 g/mol. The van der Waals surface area contributed by atoms with Crippen molar-refractivity contribution in [1.29, 1.82) is 0 Å². The molecular formula is C24H24O8S. The summed E-state index contributed by atoms with van der Waals surface area (Å²) in [6.45, 7) is 0.505. The second-order valence-electron chi connectivity index (χ2n) is 6.98. The number of rotatable bonds is 11. The SMILES string of the molecule is COCCOc1cc(CC(=O)O)cc(S(=O)(=O)c2ccc(Oc3ccc(OC)cc3)cc2)c1. The van der Waals surface area contributed by atoms with E-state index in [1.54, 1.807) is 43.5 Å². The molecule has 1 N–H and O–H groups in total. The molecule has 0 atom stereocenters. The highest BCUT2D eigenvalue weighted by Gasteiger charge is 2.20. The van der Waals surface area contributed by atoms with Crippen molar-refractivity contribution in [3.05, 3.63) is 72.3 Å². The van der Waals surface area contributed by atoms with Gasteiger partial charge in [0.1, 0.15) is 29.6 Å². The Labute approximate surface area is 192 Å². The first-order chi connectivity index (χ1) is 15.8. The van der Waals surface area contributed by atoms with Gasteiger partial charge in [0.25, 0.3) is 0 Å². The van der Waals surface area contributed by atoms with Gasteiger partial charge < -0.3 is 24.1 Å². The van der Waals surface area contributed by atoms with Gasteiger partial charge in [-0.05, 0) is 72.3 Å². The van der Waals surface area contributed by atoms with Crippen molar-refractivity contribution in [3.8, 4) is 23.0 Å². The van der Waals surface area contributed by atoms with Crippen molar-refractivity contribution < 1.29 is 37.3 Å². The lowest BCUT2D eigenvalue weighted by atomic mass is 10.1. The van der Waals surface area contributed by atoms with Crippen molar-refractivity contribution in [2.45, 2.75) is 16.2 Å².